The molecule has 0 saturated carbocycles. The van der Waals surface area contributed by atoms with Gasteiger partial charge in [0.2, 0.25) is 0 Å². The van der Waals surface area contributed by atoms with Crippen LogP contribution < -0.4 is 5.73 Å². The molecule has 110 valence electrons. The number of nitrogens with two attached hydrogens (primary N) is 1. The number of sulfone groups is 1. The number of hydrogen-bond acceptors (Lipinski definition) is 6. The van der Waals surface area contributed by atoms with Crippen molar-refractivity contribution in [3.8, 4) is 0 Å². The molecule has 9 heteroatoms. The van der Waals surface area contributed by atoms with Gasteiger partial charge in [0.05, 0.1) is 17.2 Å². The smallest absolute Gasteiger partial charge is 0.274 e. The molecule has 2 aliphatic rings. The van der Waals surface area contributed by atoms with E-state index in [0.29, 0.717) is 6.54 Å². The van der Waals surface area contributed by atoms with E-state index in [0.717, 1.165) is 0 Å². The summed E-state index contributed by atoms with van der Waals surface area (Å²) in [6, 6.07) is -0.380. The van der Waals surface area contributed by atoms with Crippen LogP contribution in [0.5, 0.6) is 0 Å². The van der Waals surface area contributed by atoms with E-state index in [1.165, 1.54) is 23.5 Å². The Hall–Kier alpha value is -1.25. The summed E-state index contributed by atoms with van der Waals surface area (Å²) < 4.78 is 23.8. The van der Waals surface area contributed by atoms with Gasteiger partial charge in [-0.15, -0.1) is 12.4 Å². The van der Waals surface area contributed by atoms with E-state index < -0.39 is 15.1 Å². The first-order valence-corrected chi connectivity index (χ1v) is 7.73. The molecule has 0 radical (unpaired) electrons. The highest BCUT2D eigenvalue weighted by Crippen LogP contribution is 2.33. The Morgan fingerprint density at radius 1 is 1.35 bits per heavy atom. The molecule has 7 nitrogen and oxygen atoms in total. The molecule has 2 saturated heterocycles. The quantitative estimate of drug-likeness (QED) is 0.719. The highest BCUT2D eigenvalue weighted by molar-refractivity contribution is 7.92. The maximum Gasteiger partial charge on any atom is 0.274 e. The number of fused-ring (bicyclic) bond motifs is 1. The van der Waals surface area contributed by atoms with Crippen LogP contribution in [0.2, 0.25) is 0 Å². The zero-order chi connectivity index (χ0) is 13.6. The maximum atomic E-state index is 12.2. The van der Waals surface area contributed by atoms with Crippen molar-refractivity contribution < 1.29 is 13.2 Å². The van der Waals surface area contributed by atoms with Crippen molar-refractivity contribution in [1.29, 1.82) is 0 Å². The highest BCUT2D eigenvalue weighted by Gasteiger charge is 2.51. The Morgan fingerprint density at radius 3 is 2.70 bits per heavy atom. The molecule has 0 aromatic carbocycles. The van der Waals surface area contributed by atoms with Crippen molar-refractivity contribution in [2.75, 3.05) is 18.8 Å². The Labute approximate surface area is 122 Å². The molecule has 3 rings (SSSR count). The lowest BCUT2D eigenvalue weighted by atomic mass is 10.0. The Balaban J connectivity index is 0.00000147. The molecule has 1 aromatic rings. The second-order valence-corrected chi connectivity index (χ2v) is 7.26. The summed E-state index contributed by atoms with van der Waals surface area (Å²) in [5.74, 6) is -0.425. The number of aromatic nitrogens is 2. The summed E-state index contributed by atoms with van der Waals surface area (Å²) in [5, 5.41) is -0.525. The van der Waals surface area contributed by atoms with Gasteiger partial charge in [0.1, 0.15) is 5.69 Å². The summed E-state index contributed by atoms with van der Waals surface area (Å²) >= 11 is 0. The third kappa shape index (κ3) is 2.38. The minimum Gasteiger partial charge on any atom is -0.336 e. The summed E-state index contributed by atoms with van der Waals surface area (Å²) in [5.41, 5.74) is 6.08. The van der Waals surface area contributed by atoms with E-state index in [2.05, 4.69) is 9.97 Å². The van der Waals surface area contributed by atoms with Crippen LogP contribution in [0.15, 0.2) is 18.6 Å². The van der Waals surface area contributed by atoms with E-state index in [-0.39, 0.29) is 48.3 Å². The lowest BCUT2D eigenvalue weighted by Crippen LogP contribution is -2.36. The third-order valence-electron chi connectivity index (χ3n) is 3.81. The SMILES string of the molecule is Cl.N[C@@H]1CS(=O)(=O)[C@H]2CN(C(=O)c3cnccn3)C[C@@H]12. The summed E-state index contributed by atoms with van der Waals surface area (Å²) in [4.78, 5) is 21.5. The molecule has 3 atom stereocenters. The molecule has 0 spiro atoms. The van der Waals surface area contributed by atoms with Gasteiger partial charge >= 0.3 is 0 Å². The van der Waals surface area contributed by atoms with Crippen LogP contribution in [0, 0.1) is 5.92 Å². The van der Waals surface area contributed by atoms with Crippen LogP contribution in [-0.4, -0.2) is 59.3 Å². The number of halogens is 1. The normalized spacial score (nSPS) is 30.6. The Kier molecular flexibility index (Phi) is 3.99. The van der Waals surface area contributed by atoms with Crippen molar-refractivity contribution in [1.82, 2.24) is 14.9 Å². The van der Waals surface area contributed by atoms with Gasteiger partial charge in [-0.05, 0) is 0 Å². The number of nitrogens with zero attached hydrogens (tertiary/aromatic N) is 3. The predicted molar refractivity (Wildman–Crippen MR) is 74.2 cm³/mol. The molecule has 2 aliphatic heterocycles. The van der Waals surface area contributed by atoms with E-state index in [1.807, 2.05) is 0 Å². The molecule has 1 amide bonds. The Morgan fingerprint density at radius 2 is 2.10 bits per heavy atom. The predicted octanol–water partition coefficient (Wildman–Crippen LogP) is -0.905. The molecular formula is C11H15ClN4O3S. The average Bonchev–Trinajstić information content (AvgIpc) is 2.91. The molecule has 0 unspecified atom stereocenters. The lowest BCUT2D eigenvalue weighted by Gasteiger charge is -2.17. The molecule has 3 heterocycles. The van der Waals surface area contributed by atoms with Crippen LogP contribution in [0.3, 0.4) is 0 Å². The fourth-order valence-electron chi connectivity index (χ4n) is 2.84. The fourth-order valence-corrected chi connectivity index (χ4v) is 5.10. The second kappa shape index (κ2) is 5.27. The maximum absolute atomic E-state index is 12.2. The molecule has 2 N–H and O–H groups in total. The van der Waals surface area contributed by atoms with Gasteiger partial charge < -0.3 is 10.6 Å². The van der Waals surface area contributed by atoms with Crippen LogP contribution in [0.1, 0.15) is 10.5 Å². The van der Waals surface area contributed by atoms with E-state index in [1.54, 1.807) is 0 Å². The number of carbonyl (C=O) groups excluding carboxylic acids is 1. The number of hydrogen-bond donors (Lipinski definition) is 1. The van der Waals surface area contributed by atoms with Gasteiger partial charge in [-0.2, -0.15) is 0 Å². The second-order valence-electron chi connectivity index (χ2n) is 5.00. The largest absolute Gasteiger partial charge is 0.336 e. The van der Waals surface area contributed by atoms with Gasteiger partial charge in [-0.25, -0.2) is 13.4 Å². The zero-order valence-corrected chi connectivity index (χ0v) is 12.2. The lowest BCUT2D eigenvalue weighted by molar-refractivity contribution is 0.0779. The number of carbonyl (C=O) groups is 1. The van der Waals surface area contributed by atoms with E-state index in [4.69, 9.17) is 5.73 Å². The number of amides is 1. The molecule has 0 aliphatic carbocycles. The number of likely N-dealkylation sites (tertiary alicyclic amines) is 1. The highest BCUT2D eigenvalue weighted by atomic mass is 35.5. The standard InChI is InChI=1S/C11H14N4O3S.ClH/c12-8-6-19(17,18)10-5-15(4-7(8)10)11(16)9-3-13-1-2-14-9;/h1-3,7-8,10H,4-6,12H2;1H/t7-,8+,10-;/m0./s1. The molecule has 20 heavy (non-hydrogen) atoms. The van der Waals surface area contributed by atoms with Gasteiger partial charge in [0.25, 0.3) is 5.91 Å². The zero-order valence-electron chi connectivity index (χ0n) is 10.5. The van der Waals surface area contributed by atoms with Crippen LogP contribution in [0.4, 0.5) is 0 Å². The van der Waals surface area contributed by atoms with E-state index >= 15 is 0 Å². The van der Waals surface area contributed by atoms with Crippen molar-refractivity contribution in [2.45, 2.75) is 11.3 Å². The minimum atomic E-state index is -3.18. The van der Waals surface area contributed by atoms with E-state index in [9.17, 15) is 13.2 Å². The van der Waals surface area contributed by atoms with Crippen molar-refractivity contribution in [3.05, 3.63) is 24.3 Å². The molecule has 2 fully saturated rings. The van der Waals surface area contributed by atoms with Crippen LogP contribution in [-0.2, 0) is 9.84 Å². The first-order chi connectivity index (χ1) is 8.99. The first kappa shape index (κ1) is 15.1. The third-order valence-corrected chi connectivity index (χ3v) is 6.09. The van der Waals surface area contributed by atoms with Gasteiger partial charge in [0, 0.05) is 37.4 Å². The van der Waals surface area contributed by atoms with Gasteiger partial charge in [-0.1, -0.05) is 0 Å². The first-order valence-electron chi connectivity index (χ1n) is 6.01. The Bertz CT molecular complexity index is 609. The summed E-state index contributed by atoms with van der Waals surface area (Å²) in [7, 11) is -3.18. The summed E-state index contributed by atoms with van der Waals surface area (Å²) in [6.07, 6.45) is 4.30. The minimum absolute atomic E-state index is 0. The average molecular weight is 319 g/mol. The van der Waals surface area contributed by atoms with Crippen molar-refractivity contribution >= 4 is 28.2 Å². The monoisotopic (exact) mass is 318 g/mol. The van der Waals surface area contributed by atoms with Crippen LogP contribution in [0.25, 0.3) is 0 Å². The van der Waals surface area contributed by atoms with Crippen molar-refractivity contribution in [3.63, 3.8) is 0 Å². The fraction of sp³-hybridized carbons (Fsp3) is 0.545. The number of rotatable bonds is 1. The topological polar surface area (TPSA) is 106 Å². The van der Waals surface area contributed by atoms with Crippen LogP contribution >= 0.6 is 12.4 Å². The molecule has 0 bridgehead atoms. The van der Waals surface area contributed by atoms with Gasteiger partial charge in [-0.3, -0.25) is 9.78 Å². The summed E-state index contributed by atoms with van der Waals surface area (Å²) in [6.45, 7) is 0.580. The van der Waals surface area contributed by atoms with Crippen molar-refractivity contribution in [2.24, 2.45) is 11.7 Å². The molecular weight excluding hydrogens is 304 g/mol. The molecule has 1 aromatic heterocycles. The van der Waals surface area contributed by atoms with Gasteiger partial charge in [0.15, 0.2) is 9.84 Å².